The highest BCUT2D eigenvalue weighted by Gasteiger charge is 2.05. The standard InChI is InChI=1S/C13H12ClN/c1-9-11-5-3-4-6-13(11)12(7-8-14)10(2)15-9/h3-8H,1-2H3/b8-7+. The molecule has 76 valence electrons. The minimum Gasteiger partial charge on any atom is -0.257 e. The lowest BCUT2D eigenvalue weighted by molar-refractivity contribution is 1.14. The largest absolute Gasteiger partial charge is 0.257 e. The van der Waals surface area contributed by atoms with Crippen LogP contribution in [0.25, 0.3) is 16.8 Å². The van der Waals surface area contributed by atoms with Gasteiger partial charge in [-0.1, -0.05) is 35.9 Å². The van der Waals surface area contributed by atoms with E-state index in [9.17, 15) is 0 Å². The zero-order chi connectivity index (χ0) is 10.8. The van der Waals surface area contributed by atoms with E-state index < -0.39 is 0 Å². The minimum absolute atomic E-state index is 1.02. The molecule has 0 aliphatic carbocycles. The first kappa shape index (κ1) is 10.2. The molecule has 0 spiro atoms. The number of benzene rings is 1. The van der Waals surface area contributed by atoms with Crippen LogP contribution in [0.3, 0.4) is 0 Å². The molecule has 0 unspecified atom stereocenters. The lowest BCUT2D eigenvalue weighted by Crippen LogP contribution is -1.93. The number of hydrogen-bond donors (Lipinski definition) is 0. The van der Waals surface area contributed by atoms with Crippen molar-refractivity contribution in [3.05, 3.63) is 46.8 Å². The van der Waals surface area contributed by atoms with Crippen molar-refractivity contribution in [2.45, 2.75) is 13.8 Å². The van der Waals surface area contributed by atoms with Crippen molar-refractivity contribution in [2.24, 2.45) is 0 Å². The van der Waals surface area contributed by atoms with Gasteiger partial charge in [-0.3, -0.25) is 4.98 Å². The van der Waals surface area contributed by atoms with E-state index in [0.717, 1.165) is 17.0 Å². The number of hydrogen-bond acceptors (Lipinski definition) is 1. The number of pyridine rings is 1. The summed E-state index contributed by atoms with van der Waals surface area (Å²) in [5.74, 6) is 0. The second-order valence-corrected chi connectivity index (χ2v) is 3.79. The van der Waals surface area contributed by atoms with Crippen LogP contribution in [0, 0.1) is 13.8 Å². The van der Waals surface area contributed by atoms with Gasteiger partial charge in [0.05, 0.1) is 0 Å². The molecule has 0 N–H and O–H groups in total. The van der Waals surface area contributed by atoms with Crippen LogP contribution in [0.5, 0.6) is 0 Å². The van der Waals surface area contributed by atoms with E-state index in [2.05, 4.69) is 17.1 Å². The van der Waals surface area contributed by atoms with Crippen molar-refractivity contribution < 1.29 is 0 Å². The maximum absolute atomic E-state index is 5.64. The molecule has 0 aliphatic heterocycles. The highest BCUT2D eigenvalue weighted by Crippen LogP contribution is 2.24. The molecule has 1 nitrogen and oxygen atoms in total. The Bertz CT molecular complexity index is 529. The van der Waals surface area contributed by atoms with Gasteiger partial charge in [-0.2, -0.15) is 0 Å². The van der Waals surface area contributed by atoms with E-state index in [1.54, 1.807) is 0 Å². The Morgan fingerprint density at radius 2 is 1.73 bits per heavy atom. The average Bonchev–Trinajstić information content (AvgIpc) is 2.24. The summed E-state index contributed by atoms with van der Waals surface area (Å²) in [5.41, 5.74) is 4.72. The van der Waals surface area contributed by atoms with Crippen LogP contribution in [0.2, 0.25) is 0 Å². The van der Waals surface area contributed by atoms with E-state index in [1.165, 1.54) is 16.3 Å². The van der Waals surface area contributed by atoms with E-state index in [4.69, 9.17) is 11.6 Å². The van der Waals surface area contributed by atoms with Gasteiger partial charge in [0.25, 0.3) is 0 Å². The fourth-order valence-electron chi connectivity index (χ4n) is 1.87. The molecule has 1 aromatic heterocycles. The smallest absolute Gasteiger partial charge is 0.0454 e. The lowest BCUT2D eigenvalue weighted by Gasteiger charge is -2.08. The molecule has 0 fully saturated rings. The topological polar surface area (TPSA) is 12.9 Å². The monoisotopic (exact) mass is 217 g/mol. The zero-order valence-electron chi connectivity index (χ0n) is 8.79. The van der Waals surface area contributed by atoms with Crippen molar-refractivity contribution in [1.82, 2.24) is 4.98 Å². The first-order valence-electron chi connectivity index (χ1n) is 4.86. The van der Waals surface area contributed by atoms with E-state index in [0.29, 0.717) is 0 Å². The van der Waals surface area contributed by atoms with Gasteiger partial charge in [-0.15, -0.1) is 0 Å². The summed E-state index contributed by atoms with van der Waals surface area (Å²) in [5, 5.41) is 2.40. The molecule has 0 saturated carbocycles. The van der Waals surface area contributed by atoms with Crippen LogP contribution in [-0.2, 0) is 0 Å². The van der Waals surface area contributed by atoms with Gasteiger partial charge >= 0.3 is 0 Å². The second-order valence-electron chi connectivity index (χ2n) is 3.53. The number of aryl methyl sites for hydroxylation is 2. The summed E-state index contributed by atoms with van der Waals surface area (Å²) >= 11 is 5.64. The third kappa shape index (κ3) is 1.75. The third-order valence-corrected chi connectivity index (χ3v) is 2.69. The quantitative estimate of drug-likeness (QED) is 0.702. The fourth-order valence-corrected chi connectivity index (χ4v) is 2.00. The number of fused-ring (bicyclic) bond motifs is 1. The Labute approximate surface area is 94.4 Å². The van der Waals surface area contributed by atoms with Crippen LogP contribution < -0.4 is 0 Å². The van der Waals surface area contributed by atoms with Crippen molar-refractivity contribution in [3.63, 3.8) is 0 Å². The van der Waals surface area contributed by atoms with Gasteiger partial charge in [0, 0.05) is 27.9 Å². The molecule has 0 radical (unpaired) electrons. The van der Waals surface area contributed by atoms with Crippen LogP contribution >= 0.6 is 11.6 Å². The van der Waals surface area contributed by atoms with Gasteiger partial charge in [-0.05, 0) is 25.3 Å². The number of nitrogens with zero attached hydrogens (tertiary/aromatic N) is 1. The van der Waals surface area contributed by atoms with E-state index >= 15 is 0 Å². The Morgan fingerprint density at radius 1 is 1.07 bits per heavy atom. The van der Waals surface area contributed by atoms with Gasteiger partial charge in [0.15, 0.2) is 0 Å². The van der Waals surface area contributed by atoms with E-state index in [-0.39, 0.29) is 0 Å². The zero-order valence-corrected chi connectivity index (χ0v) is 9.55. The summed E-state index contributed by atoms with van der Waals surface area (Å²) < 4.78 is 0. The molecule has 2 rings (SSSR count). The van der Waals surface area contributed by atoms with Gasteiger partial charge in [0.2, 0.25) is 0 Å². The van der Waals surface area contributed by atoms with E-state index in [1.807, 2.05) is 32.1 Å². The number of rotatable bonds is 1. The molecule has 0 atom stereocenters. The Morgan fingerprint density at radius 3 is 2.40 bits per heavy atom. The highest BCUT2D eigenvalue weighted by atomic mass is 35.5. The highest BCUT2D eigenvalue weighted by molar-refractivity contribution is 6.27. The lowest BCUT2D eigenvalue weighted by atomic mass is 10.0. The van der Waals surface area contributed by atoms with Crippen molar-refractivity contribution in [3.8, 4) is 0 Å². The Kier molecular flexibility index (Phi) is 2.74. The second kappa shape index (κ2) is 4.03. The van der Waals surface area contributed by atoms with Gasteiger partial charge in [0.1, 0.15) is 0 Å². The summed E-state index contributed by atoms with van der Waals surface area (Å²) in [4.78, 5) is 4.51. The first-order valence-corrected chi connectivity index (χ1v) is 5.30. The predicted octanol–water partition coefficient (Wildman–Crippen LogP) is 4.06. The average molecular weight is 218 g/mol. The van der Waals surface area contributed by atoms with Gasteiger partial charge in [-0.25, -0.2) is 0 Å². The molecule has 0 aliphatic rings. The van der Waals surface area contributed by atoms with Crippen LogP contribution in [0.1, 0.15) is 17.0 Å². The van der Waals surface area contributed by atoms with Crippen molar-refractivity contribution in [2.75, 3.05) is 0 Å². The molecular weight excluding hydrogens is 206 g/mol. The molecule has 15 heavy (non-hydrogen) atoms. The normalized spacial score (nSPS) is 11.4. The summed E-state index contributed by atoms with van der Waals surface area (Å²) in [6.07, 6.45) is 1.89. The van der Waals surface area contributed by atoms with Crippen molar-refractivity contribution >= 4 is 28.4 Å². The molecule has 0 amide bonds. The Hall–Kier alpha value is -1.34. The van der Waals surface area contributed by atoms with Crippen LogP contribution in [0.15, 0.2) is 29.8 Å². The van der Waals surface area contributed by atoms with Crippen LogP contribution in [0.4, 0.5) is 0 Å². The maximum Gasteiger partial charge on any atom is 0.0454 e. The summed E-state index contributed by atoms with van der Waals surface area (Å²) in [6.45, 7) is 4.04. The number of halogens is 1. The molecule has 2 heteroatoms. The van der Waals surface area contributed by atoms with Crippen molar-refractivity contribution in [1.29, 1.82) is 0 Å². The number of aromatic nitrogens is 1. The minimum atomic E-state index is 1.02. The van der Waals surface area contributed by atoms with Gasteiger partial charge < -0.3 is 0 Å². The summed E-state index contributed by atoms with van der Waals surface area (Å²) in [7, 11) is 0. The summed E-state index contributed by atoms with van der Waals surface area (Å²) in [6, 6.07) is 8.25. The first-order chi connectivity index (χ1) is 7.24. The maximum atomic E-state index is 5.64. The SMILES string of the molecule is Cc1nc(C)c2ccccc2c1/C=C/Cl. The molecule has 1 aromatic carbocycles. The third-order valence-electron chi connectivity index (χ3n) is 2.56. The molecule has 0 saturated heterocycles. The molecule has 1 heterocycles. The predicted molar refractivity (Wildman–Crippen MR) is 66.1 cm³/mol. The molecular formula is C13H12ClN. The molecule has 2 aromatic rings. The molecule has 0 bridgehead atoms. The van der Waals surface area contributed by atoms with Crippen LogP contribution in [-0.4, -0.2) is 4.98 Å². The fraction of sp³-hybridized carbons (Fsp3) is 0.154. The Balaban J connectivity index is 2.89.